The van der Waals surface area contributed by atoms with Crippen molar-refractivity contribution in [3.8, 4) is 28.4 Å². The molecule has 0 unspecified atom stereocenters. The van der Waals surface area contributed by atoms with E-state index < -0.39 is 0 Å². The van der Waals surface area contributed by atoms with E-state index in [1.54, 1.807) is 17.9 Å². The van der Waals surface area contributed by atoms with Crippen LogP contribution in [0.25, 0.3) is 16.9 Å². The summed E-state index contributed by atoms with van der Waals surface area (Å²) in [6.45, 7) is 1.19. The summed E-state index contributed by atoms with van der Waals surface area (Å²) in [6.07, 6.45) is 1.67. The molecule has 0 fully saturated rings. The summed E-state index contributed by atoms with van der Waals surface area (Å²) in [5, 5.41) is 7.72. The van der Waals surface area contributed by atoms with Crippen LogP contribution in [0.1, 0.15) is 23.2 Å². The van der Waals surface area contributed by atoms with E-state index in [1.165, 1.54) is 17.7 Å². The molecule has 0 radical (unpaired) electrons. The molecule has 0 bridgehead atoms. The molecule has 0 aliphatic carbocycles. The number of halogens is 1. The van der Waals surface area contributed by atoms with Crippen LogP contribution in [0.5, 0.6) is 11.5 Å². The summed E-state index contributed by atoms with van der Waals surface area (Å²) < 4.78 is 26.5. The van der Waals surface area contributed by atoms with Gasteiger partial charge >= 0.3 is 0 Å². The van der Waals surface area contributed by atoms with Crippen LogP contribution >= 0.6 is 0 Å². The van der Waals surface area contributed by atoms with Gasteiger partial charge in [0.1, 0.15) is 17.3 Å². The van der Waals surface area contributed by atoms with E-state index >= 15 is 0 Å². The first-order chi connectivity index (χ1) is 17.1. The number of hydrogen-bond donors (Lipinski definition) is 1. The number of ether oxygens (including phenoxy) is 2. The van der Waals surface area contributed by atoms with Crippen molar-refractivity contribution in [2.45, 2.75) is 25.8 Å². The number of carbonyl (C=O) groups is 1. The summed E-state index contributed by atoms with van der Waals surface area (Å²) >= 11 is 0. The normalized spacial score (nSPS) is 12.2. The molecular weight excluding hydrogens is 445 g/mol. The Balaban J connectivity index is 1.29. The third kappa shape index (κ3) is 5.19. The minimum Gasteiger partial charge on any atom is -0.497 e. The maximum absolute atomic E-state index is 13.9. The first kappa shape index (κ1) is 22.7. The topological polar surface area (TPSA) is 65.4 Å². The molecule has 1 aromatic heterocycles. The SMILES string of the molecule is COc1ccc(-n2nc(CCC(=O)NCc3ccc4c(c3)CCO4)cc2-c2cccc(F)c2)cc1. The Bertz CT molecular complexity index is 1350. The predicted octanol–water partition coefficient (Wildman–Crippen LogP) is 4.87. The Morgan fingerprint density at radius 3 is 2.77 bits per heavy atom. The minimum atomic E-state index is -0.316. The molecule has 1 amide bonds. The summed E-state index contributed by atoms with van der Waals surface area (Å²) in [5.74, 6) is 1.31. The molecule has 0 saturated heterocycles. The maximum Gasteiger partial charge on any atom is 0.220 e. The van der Waals surface area contributed by atoms with Crippen molar-refractivity contribution in [1.82, 2.24) is 15.1 Å². The molecule has 35 heavy (non-hydrogen) atoms. The fourth-order valence-electron chi connectivity index (χ4n) is 4.21. The van der Waals surface area contributed by atoms with Gasteiger partial charge in [0.25, 0.3) is 0 Å². The molecule has 2 heterocycles. The van der Waals surface area contributed by atoms with Gasteiger partial charge in [-0.2, -0.15) is 5.10 Å². The van der Waals surface area contributed by atoms with Gasteiger partial charge in [0.2, 0.25) is 5.91 Å². The number of aryl methyl sites for hydroxylation is 1. The number of nitrogens with zero attached hydrogens (tertiary/aromatic N) is 2. The van der Waals surface area contributed by atoms with Crippen LogP contribution in [0.15, 0.2) is 72.8 Å². The largest absolute Gasteiger partial charge is 0.497 e. The Morgan fingerprint density at radius 1 is 1.11 bits per heavy atom. The highest BCUT2D eigenvalue weighted by Gasteiger charge is 2.15. The van der Waals surface area contributed by atoms with Gasteiger partial charge in [0.05, 0.1) is 30.8 Å². The van der Waals surface area contributed by atoms with Gasteiger partial charge in [-0.25, -0.2) is 9.07 Å². The molecule has 7 heteroatoms. The van der Waals surface area contributed by atoms with Gasteiger partial charge in [0, 0.05) is 31.4 Å². The quantitative estimate of drug-likeness (QED) is 0.398. The van der Waals surface area contributed by atoms with Crippen molar-refractivity contribution in [2.75, 3.05) is 13.7 Å². The molecular formula is C28H26FN3O3. The van der Waals surface area contributed by atoms with Crippen LogP contribution in [-0.2, 0) is 24.2 Å². The second-order valence-electron chi connectivity index (χ2n) is 8.46. The molecule has 4 aromatic rings. The van der Waals surface area contributed by atoms with Crippen LogP contribution in [0.2, 0.25) is 0 Å². The highest BCUT2D eigenvalue weighted by atomic mass is 19.1. The van der Waals surface area contributed by atoms with E-state index in [2.05, 4.69) is 11.4 Å². The van der Waals surface area contributed by atoms with Gasteiger partial charge in [-0.15, -0.1) is 0 Å². The Kier molecular flexibility index (Phi) is 6.48. The van der Waals surface area contributed by atoms with Crippen molar-refractivity contribution in [2.24, 2.45) is 0 Å². The van der Waals surface area contributed by atoms with Gasteiger partial charge in [-0.05, 0) is 59.7 Å². The lowest BCUT2D eigenvalue weighted by Crippen LogP contribution is -2.23. The van der Waals surface area contributed by atoms with Crippen LogP contribution in [0.3, 0.4) is 0 Å². The van der Waals surface area contributed by atoms with Crippen LogP contribution in [-0.4, -0.2) is 29.4 Å². The van der Waals surface area contributed by atoms with Crippen LogP contribution in [0, 0.1) is 5.82 Å². The molecule has 1 aliphatic heterocycles. The molecule has 5 rings (SSSR count). The van der Waals surface area contributed by atoms with Gasteiger partial charge in [-0.3, -0.25) is 4.79 Å². The number of rotatable bonds is 8. The highest BCUT2D eigenvalue weighted by Crippen LogP contribution is 2.27. The summed E-state index contributed by atoms with van der Waals surface area (Å²) in [6, 6.07) is 21.8. The van der Waals surface area contributed by atoms with Gasteiger partial charge in [-0.1, -0.05) is 24.3 Å². The van der Waals surface area contributed by atoms with E-state index in [4.69, 9.17) is 14.6 Å². The second-order valence-corrected chi connectivity index (χ2v) is 8.46. The summed E-state index contributed by atoms with van der Waals surface area (Å²) in [4.78, 5) is 12.5. The lowest BCUT2D eigenvalue weighted by molar-refractivity contribution is -0.121. The number of nitrogens with one attached hydrogen (secondary N) is 1. The Hall–Kier alpha value is -4.13. The third-order valence-corrected chi connectivity index (χ3v) is 6.05. The lowest BCUT2D eigenvalue weighted by Gasteiger charge is -2.08. The van der Waals surface area contributed by atoms with Gasteiger partial charge < -0.3 is 14.8 Å². The number of hydrogen-bond acceptors (Lipinski definition) is 4. The molecule has 0 spiro atoms. The number of benzene rings is 3. The molecule has 1 aliphatic rings. The zero-order valence-electron chi connectivity index (χ0n) is 19.5. The Morgan fingerprint density at radius 2 is 1.97 bits per heavy atom. The molecule has 178 valence electrons. The molecule has 6 nitrogen and oxygen atoms in total. The smallest absolute Gasteiger partial charge is 0.220 e. The number of methoxy groups -OCH3 is 1. The minimum absolute atomic E-state index is 0.0481. The lowest BCUT2D eigenvalue weighted by atomic mass is 10.1. The summed E-state index contributed by atoms with van der Waals surface area (Å²) in [7, 11) is 1.61. The Labute approximate surface area is 203 Å². The van der Waals surface area contributed by atoms with E-state index in [0.717, 1.165) is 40.6 Å². The number of fused-ring (bicyclic) bond motifs is 1. The zero-order chi connectivity index (χ0) is 24.2. The molecule has 3 aromatic carbocycles. The average molecular weight is 472 g/mol. The third-order valence-electron chi connectivity index (χ3n) is 6.05. The van der Waals surface area contributed by atoms with E-state index in [9.17, 15) is 9.18 Å². The molecule has 1 N–H and O–H groups in total. The van der Waals surface area contributed by atoms with Crippen LogP contribution in [0.4, 0.5) is 4.39 Å². The maximum atomic E-state index is 13.9. The fourth-order valence-corrected chi connectivity index (χ4v) is 4.21. The predicted molar refractivity (Wildman–Crippen MR) is 131 cm³/mol. The zero-order valence-corrected chi connectivity index (χ0v) is 19.5. The first-order valence-electron chi connectivity index (χ1n) is 11.6. The van der Waals surface area contributed by atoms with Crippen molar-refractivity contribution < 1.29 is 18.7 Å². The monoisotopic (exact) mass is 471 g/mol. The van der Waals surface area contributed by atoms with Crippen molar-refractivity contribution in [3.63, 3.8) is 0 Å². The molecule has 0 atom stereocenters. The summed E-state index contributed by atoms with van der Waals surface area (Å²) in [5.41, 5.74) is 5.28. The van der Waals surface area contributed by atoms with E-state index in [-0.39, 0.29) is 11.7 Å². The first-order valence-corrected chi connectivity index (χ1v) is 11.6. The van der Waals surface area contributed by atoms with Crippen molar-refractivity contribution >= 4 is 5.91 Å². The van der Waals surface area contributed by atoms with E-state index in [1.807, 2.05) is 48.5 Å². The standard InChI is InChI=1S/C28H26FN3O3/c1-34-25-9-7-24(8-10-25)32-26(20-3-2-4-22(29)16-20)17-23(31-32)6-12-28(33)30-18-19-5-11-27-21(15-19)13-14-35-27/h2-5,7-11,15-17H,6,12-14,18H2,1H3,(H,30,33). The van der Waals surface area contributed by atoms with Crippen molar-refractivity contribution in [3.05, 3.63) is 95.4 Å². The van der Waals surface area contributed by atoms with Gasteiger partial charge in [0.15, 0.2) is 0 Å². The number of aromatic nitrogens is 2. The average Bonchev–Trinajstić information content (AvgIpc) is 3.53. The van der Waals surface area contributed by atoms with E-state index in [0.29, 0.717) is 31.6 Å². The fraction of sp³-hybridized carbons (Fsp3) is 0.214. The van der Waals surface area contributed by atoms with Crippen molar-refractivity contribution in [1.29, 1.82) is 0 Å². The second kappa shape index (κ2) is 10.0. The highest BCUT2D eigenvalue weighted by molar-refractivity contribution is 5.76. The molecule has 0 saturated carbocycles. The number of amides is 1. The van der Waals surface area contributed by atoms with Crippen LogP contribution < -0.4 is 14.8 Å². The number of carbonyl (C=O) groups excluding carboxylic acids is 1.